The molecule has 0 unspecified atom stereocenters. The zero-order valence-corrected chi connectivity index (χ0v) is 33.2. The number of hydrogen-bond acceptors (Lipinski definition) is 10. The first-order valence-corrected chi connectivity index (χ1v) is 16.3. The van der Waals surface area contributed by atoms with Gasteiger partial charge in [-0.15, -0.1) is 13.2 Å². The number of carbonyl (C=O) groups excluding carboxylic acids is 5. The highest BCUT2D eigenvalue weighted by molar-refractivity contribution is 5.92. The van der Waals surface area contributed by atoms with Crippen LogP contribution in [0.4, 0.5) is 13.2 Å². The lowest BCUT2D eigenvalue weighted by atomic mass is 9.93. The van der Waals surface area contributed by atoms with E-state index in [1.54, 1.807) is 13.0 Å². The molecule has 3 aromatic carbocycles. The van der Waals surface area contributed by atoms with Crippen molar-refractivity contribution in [1.82, 2.24) is 0 Å². The maximum Gasteiger partial charge on any atom is 0.417 e. The number of halogens is 3. The summed E-state index contributed by atoms with van der Waals surface area (Å²) < 4.78 is 69.4. The molecule has 0 heterocycles. The van der Waals surface area contributed by atoms with E-state index < -0.39 is 29.2 Å². The molecule has 0 N–H and O–H groups in total. The second-order valence-corrected chi connectivity index (χ2v) is 11.5. The van der Waals surface area contributed by atoms with Gasteiger partial charge in [-0.3, -0.25) is 9.59 Å². The third-order valence-corrected chi connectivity index (χ3v) is 5.85. The number of hydrogen-bond donors (Lipinski definition) is 0. The van der Waals surface area contributed by atoms with Gasteiger partial charge in [0.25, 0.3) is 6.47 Å². The van der Waals surface area contributed by atoms with Crippen molar-refractivity contribution >= 4 is 31.0 Å². The molecular formula is C43H49F3O10. The molecule has 0 aliphatic carbocycles. The van der Waals surface area contributed by atoms with Crippen LogP contribution in [-0.2, 0) is 30.1 Å². The molecule has 0 aliphatic heterocycles. The van der Waals surface area contributed by atoms with Crippen LogP contribution in [0, 0.1) is 0 Å². The number of aldehydes is 2. The fourth-order valence-electron chi connectivity index (χ4n) is 3.64. The van der Waals surface area contributed by atoms with E-state index in [4.69, 9.17) is 28.5 Å². The molecule has 56 heavy (non-hydrogen) atoms. The predicted octanol–water partition coefficient (Wildman–Crippen LogP) is 10.3. The number of esters is 2. The Morgan fingerprint density at radius 3 is 1.41 bits per heavy atom. The monoisotopic (exact) mass is 782 g/mol. The first-order chi connectivity index (χ1) is 26.1. The number of benzene rings is 3. The van der Waals surface area contributed by atoms with Crippen LogP contribution >= 0.6 is 0 Å². The predicted molar refractivity (Wildman–Crippen MR) is 212 cm³/mol. The lowest BCUT2D eigenvalue weighted by Crippen LogP contribution is -2.12. The maximum atomic E-state index is 14.5. The van der Waals surface area contributed by atoms with E-state index in [0.29, 0.717) is 11.3 Å². The second-order valence-electron chi connectivity index (χ2n) is 11.5. The molecule has 13 heteroatoms. The summed E-state index contributed by atoms with van der Waals surface area (Å²) in [6, 6.07) is 9.75. The van der Waals surface area contributed by atoms with Gasteiger partial charge < -0.3 is 28.5 Å². The normalized spacial score (nSPS) is 9.43. The summed E-state index contributed by atoms with van der Waals surface area (Å²) in [6.07, 6.45) is -1.66. The van der Waals surface area contributed by atoms with Crippen molar-refractivity contribution in [2.45, 2.75) is 54.6 Å². The second kappa shape index (κ2) is 26.3. The summed E-state index contributed by atoms with van der Waals surface area (Å²) in [5.74, 6) is -1.91. The van der Waals surface area contributed by atoms with Gasteiger partial charge in [0.1, 0.15) is 18.3 Å². The van der Waals surface area contributed by atoms with Crippen LogP contribution in [0.25, 0.3) is 22.3 Å². The Morgan fingerprint density at radius 1 is 0.643 bits per heavy atom. The molecule has 302 valence electrons. The SMILES string of the molecule is C=C(C)C.C=C(C)C(=O)Oc1ccc(-c2cc(OC(=O)C(=C)C)c(-c3ccc(OC)c(OC)c3)cc2C(F)(F)F)cc1OC=O.C=C(C)C=O.C=CC.CC=O. The summed E-state index contributed by atoms with van der Waals surface area (Å²) in [5, 5.41) is 0. The molecule has 3 aromatic rings. The van der Waals surface area contributed by atoms with Crippen LogP contribution < -0.4 is 23.7 Å². The Labute approximate surface area is 326 Å². The van der Waals surface area contributed by atoms with Gasteiger partial charge in [0.05, 0.1) is 19.8 Å². The molecular weight excluding hydrogens is 733 g/mol. The molecule has 0 saturated heterocycles. The third kappa shape index (κ3) is 18.5. The van der Waals surface area contributed by atoms with Crippen molar-refractivity contribution in [3.05, 3.63) is 115 Å². The maximum absolute atomic E-state index is 14.5. The highest BCUT2D eigenvalue weighted by Gasteiger charge is 2.36. The minimum atomic E-state index is -4.88. The summed E-state index contributed by atoms with van der Waals surface area (Å²) in [6.45, 7) is 29.0. The first-order valence-electron chi connectivity index (χ1n) is 16.3. The Morgan fingerprint density at radius 2 is 1.04 bits per heavy atom. The molecule has 0 spiro atoms. The molecule has 0 atom stereocenters. The number of rotatable bonds is 11. The zero-order valence-electron chi connectivity index (χ0n) is 33.2. The molecule has 3 rings (SSSR count). The van der Waals surface area contributed by atoms with Crippen LogP contribution in [0.2, 0.25) is 0 Å². The molecule has 0 saturated carbocycles. The van der Waals surface area contributed by atoms with Gasteiger partial charge in [-0.05, 0) is 107 Å². The van der Waals surface area contributed by atoms with E-state index in [2.05, 4.69) is 32.9 Å². The van der Waals surface area contributed by atoms with Crippen LogP contribution in [0.5, 0.6) is 28.7 Å². The highest BCUT2D eigenvalue weighted by Crippen LogP contribution is 2.46. The van der Waals surface area contributed by atoms with Gasteiger partial charge in [0, 0.05) is 16.7 Å². The van der Waals surface area contributed by atoms with Gasteiger partial charge >= 0.3 is 18.1 Å². The fraction of sp³-hybridized carbons (Fsp3) is 0.233. The highest BCUT2D eigenvalue weighted by atomic mass is 19.4. The summed E-state index contributed by atoms with van der Waals surface area (Å²) in [4.78, 5) is 53.8. The minimum absolute atomic E-state index is 0.00931. The van der Waals surface area contributed by atoms with E-state index in [1.165, 1.54) is 64.8 Å². The fourth-order valence-corrected chi connectivity index (χ4v) is 3.64. The largest absolute Gasteiger partial charge is 0.493 e. The molecule has 0 amide bonds. The van der Waals surface area contributed by atoms with Crippen LogP contribution in [0.15, 0.2) is 110 Å². The molecule has 0 fully saturated rings. The summed E-state index contributed by atoms with van der Waals surface area (Å²) >= 11 is 0. The summed E-state index contributed by atoms with van der Waals surface area (Å²) in [5.41, 5.74) is 0.348. The number of methoxy groups -OCH3 is 2. The Bertz CT molecular complexity index is 1880. The number of ether oxygens (including phenoxy) is 5. The average molecular weight is 783 g/mol. The molecule has 0 aromatic heterocycles. The van der Waals surface area contributed by atoms with Crippen LogP contribution in [0.3, 0.4) is 0 Å². The van der Waals surface area contributed by atoms with Crippen molar-refractivity contribution in [1.29, 1.82) is 0 Å². The quantitative estimate of drug-likeness (QED) is 0.0609. The molecule has 0 bridgehead atoms. The van der Waals surface area contributed by atoms with Gasteiger partial charge in [-0.2, -0.15) is 13.2 Å². The van der Waals surface area contributed by atoms with Crippen molar-refractivity contribution in [3.63, 3.8) is 0 Å². The van der Waals surface area contributed by atoms with E-state index in [1.807, 2.05) is 20.8 Å². The topological polar surface area (TPSA) is 132 Å². The van der Waals surface area contributed by atoms with Crippen LogP contribution in [-0.4, -0.2) is 45.2 Å². The van der Waals surface area contributed by atoms with Crippen molar-refractivity contribution in [2.75, 3.05) is 14.2 Å². The first kappa shape index (κ1) is 51.6. The number of carbonyl (C=O) groups is 5. The van der Waals surface area contributed by atoms with Crippen molar-refractivity contribution in [2.24, 2.45) is 0 Å². The third-order valence-electron chi connectivity index (χ3n) is 5.85. The number of alkyl halides is 3. The molecule has 10 nitrogen and oxygen atoms in total. The molecule has 0 radical (unpaired) electrons. The summed E-state index contributed by atoms with van der Waals surface area (Å²) in [7, 11) is 2.77. The van der Waals surface area contributed by atoms with Crippen molar-refractivity contribution in [3.8, 4) is 51.0 Å². The standard InChI is InChI=1S/C30H25F3O8.C4H6O.C4H8.C3H6.C2H4O/c1-16(2)28(35)40-24-10-8-18(12-27(24)39-15-34)20-14-25(41-29(36)17(3)4)21(13-22(20)30(31,32)33)19-7-9-23(37-5)26(11-19)38-6;1-4(2)3-5;1-4(2)3;1-3-2;1-2-3/h7-15H,1,3H2,2,4-6H3;3H,1H2,2H3;1H2,2-3H3;3H,1H2,2H3;2H,1H3. The number of allylic oxidation sites excluding steroid dienone is 3. The van der Waals surface area contributed by atoms with E-state index in [9.17, 15) is 32.3 Å². The van der Waals surface area contributed by atoms with Gasteiger partial charge in [0.2, 0.25) is 0 Å². The average Bonchev–Trinajstić information content (AvgIpc) is 3.12. The Kier molecular flexibility index (Phi) is 24.2. The van der Waals surface area contributed by atoms with Crippen molar-refractivity contribution < 1.29 is 60.8 Å². The minimum Gasteiger partial charge on any atom is -0.493 e. The zero-order chi connectivity index (χ0) is 43.8. The Balaban J connectivity index is 0. The van der Waals surface area contributed by atoms with Crippen LogP contribution in [0.1, 0.15) is 54.0 Å². The Hall–Kier alpha value is -6.50. The molecule has 0 aliphatic rings. The van der Waals surface area contributed by atoms with E-state index in [-0.39, 0.29) is 57.3 Å². The smallest absolute Gasteiger partial charge is 0.417 e. The van der Waals surface area contributed by atoms with E-state index >= 15 is 0 Å². The van der Waals surface area contributed by atoms with Gasteiger partial charge in [0.15, 0.2) is 23.0 Å². The van der Waals surface area contributed by atoms with Gasteiger partial charge in [-0.1, -0.05) is 43.5 Å². The lowest BCUT2D eigenvalue weighted by molar-refractivity contribution is -0.137. The van der Waals surface area contributed by atoms with E-state index in [0.717, 1.165) is 36.8 Å². The van der Waals surface area contributed by atoms with Gasteiger partial charge in [-0.25, -0.2) is 9.59 Å². The lowest BCUT2D eigenvalue weighted by Gasteiger charge is -2.20.